The first-order chi connectivity index (χ1) is 16.6. The number of sulfonamides is 1. The number of ether oxygens (including phenoxy) is 1. The molecule has 0 fully saturated rings. The highest BCUT2D eigenvalue weighted by molar-refractivity contribution is 7.92. The van der Waals surface area contributed by atoms with Crippen LogP contribution in [0.1, 0.15) is 10.4 Å². The third-order valence-electron chi connectivity index (χ3n) is 4.73. The zero-order valence-electron chi connectivity index (χ0n) is 18.8. The highest BCUT2D eigenvalue weighted by Gasteiger charge is 2.21. The number of nitro groups is 1. The van der Waals surface area contributed by atoms with Crippen molar-refractivity contribution in [2.45, 2.75) is 4.90 Å². The molecule has 0 spiro atoms. The maximum Gasteiger partial charge on any atom is 0.270 e. The lowest BCUT2D eigenvalue weighted by molar-refractivity contribution is -0.385. The smallest absolute Gasteiger partial charge is 0.270 e. The molecular formula is C23H22N4O7S. The van der Waals surface area contributed by atoms with E-state index in [1.54, 1.807) is 50.5 Å². The van der Waals surface area contributed by atoms with Crippen LogP contribution in [-0.4, -0.2) is 50.8 Å². The van der Waals surface area contributed by atoms with Gasteiger partial charge in [-0.15, -0.1) is 0 Å². The van der Waals surface area contributed by atoms with Crippen molar-refractivity contribution in [1.29, 1.82) is 0 Å². The Hall–Kier alpha value is -4.45. The van der Waals surface area contributed by atoms with E-state index in [1.165, 1.54) is 35.2 Å². The van der Waals surface area contributed by atoms with Gasteiger partial charge in [-0.1, -0.05) is 18.2 Å². The summed E-state index contributed by atoms with van der Waals surface area (Å²) in [6, 6.07) is 16.8. The van der Waals surface area contributed by atoms with Crippen LogP contribution in [0.2, 0.25) is 0 Å². The Morgan fingerprint density at radius 1 is 1.00 bits per heavy atom. The largest absolute Gasteiger partial charge is 0.484 e. The first kappa shape index (κ1) is 25.2. The van der Waals surface area contributed by atoms with Crippen molar-refractivity contribution >= 4 is 38.9 Å². The number of nitrogens with zero attached hydrogens (tertiary/aromatic N) is 2. The van der Waals surface area contributed by atoms with E-state index in [9.17, 15) is 28.1 Å². The van der Waals surface area contributed by atoms with Crippen molar-refractivity contribution in [3.63, 3.8) is 0 Å². The fourth-order valence-electron chi connectivity index (χ4n) is 2.85. The predicted molar refractivity (Wildman–Crippen MR) is 129 cm³/mol. The fraction of sp³-hybridized carbons (Fsp3) is 0.130. The van der Waals surface area contributed by atoms with Gasteiger partial charge in [-0.3, -0.25) is 24.4 Å². The Labute approximate surface area is 201 Å². The number of carbonyl (C=O) groups is 2. The van der Waals surface area contributed by atoms with Gasteiger partial charge in [-0.2, -0.15) is 0 Å². The van der Waals surface area contributed by atoms with Crippen molar-refractivity contribution in [3.8, 4) is 5.75 Å². The third-order valence-corrected chi connectivity index (χ3v) is 6.09. The number of anilines is 2. The second kappa shape index (κ2) is 10.7. The Balaban J connectivity index is 1.74. The molecule has 0 atom stereocenters. The van der Waals surface area contributed by atoms with Crippen molar-refractivity contribution in [1.82, 2.24) is 4.90 Å². The van der Waals surface area contributed by atoms with Crippen LogP contribution in [0.15, 0.2) is 77.7 Å². The van der Waals surface area contributed by atoms with Crippen LogP contribution in [0, 0.1) is 10.1 Å². The number of nitro benzene ring substituents is 1. The van der Waals surface area contributed by atoms with Gasteiger partial charge < -0.3 is 15.0 Å². The van der Waals surface area contributed by atoms with Crippen LogP contribution in [0.4, 0.5) is 17.1 Å². The molecule has 0 aromatic heterocycles. The van der Waals surface area contributed by atoms with E-state index in [4.69, 9.17) is 4.74 Å². The highest BCUT2D eigenvalue weighted by atomic mass is 32.2. The van der Waals surface area contributed by atoms with E-state index in [-0.39, 0.29) is 34.3 Å². The van der Waals surface area contributed by atoms with Crippen molar-refractivity contribution in [2.75, 3.05) is 30.7 Å². The highest BCUT2D eigenvalue weighted by Crippen LogP contribution is 2.24. The Morgan fingerprint density at radius 3 is 2.34 bits per heavy atom. The van der Waals surface area contributed by atoms with E-state index in [1.807, 2.05) is 0 Å². The lowest BCUT2D eigenvalue weighted by Crippen LogP contribution is -2.27. The van der Waals surface area contributed by atoms with Crippen LogP contribution in [0.25, 0.3) is 0 Å². The molecule has 0 radical (unpaired) electrons. The van der Waals surface area contributed by atoms with E-state index in [0.717, 1.165) is 6.07 Å². The number of benzene rings is 3. The minimum atomic E-state index is -4.21. The van der Waals surface area contributed by atoms with Crippen molar-refractivity contribution in [3.05, 3.63) is 88.5 Å². The van der Waals surface area contributed by atoms with Gasteiger partial charge in [0.1, 0.15) is 5.75 Å². The van der Waals surface area contributed by atoms with Gasteiger partial charge in [0.15, 0.2) is 6.61 Å². The van der Waals surface area contributed by atoms with Gasteiger partial charge in [0.05, 0.1) is 21.1 Å². The van der Waals surface area contributed by atoms with E-state index in [2.05, 4.69) is 10.0 Å². The molecule has 3 aromatic carbocycles. The molecule has 0 aliphatic rings. The quantitative estimate of drug-likeness (QED) is 0.340. The summed E-state index contributed by atoms with van der Waals surface area (Å²) in [6.45, 7) is -0.128. The molecule has 182 valence electrons. The van der Waals surface area contributed by atoms with Crippen LogP contribution in [0.3, 0.4) is 0 Å². The van der Waals surface area contributed by atoms with Crippen LogP contribution in [-0.2, 0) is 14.8 Å². The number of carbonyl (C=O) groups excluding carboxylic acids is 2. The van der Waals surface area contributed by atoms with Gasteiger partial charge in [-0.25, -0.2) is 8.42 Å². The zero-order chi connectivity index (χ0) is 25.6. The summed E-state index contributed by atoms with van der Waals surface area (Å²) >= 11 is 0. The Bertz CT molecular complexity index is 1360. The Kier molecular flexibility index (Phi) is 7.66. The molecule has 11 nitrogen and oxygen atoms in total. The fourth-order valence-corrected chi connectivity index (χ4v) is 3.96. The van der Waals surface area contributed by atoms with E-state index >= 15 is 0 Å². The number of nitrogens with one attached hydrogen (secondary N) is 2. The van der Waals surface area contributed by atoms with Gasteiger partial charge in [0.25, 0.3) is 27.5 Å². The zero-order valence-corrected chi connectivity index (χ0v) is 19.6. The molecule has 12 heteroatoms. The number of non-ortho nitro benzene ring substituents is 1. The molecule has 0 saturated carbocycles. The number of para-hydroxylation sites is 1. The minimum absolute atomic E-state index is 0.00124. The van der Waals surface area contributed by atoms with Gasteiger partial charge in [-0.05, 0) is 42.5 Å². The summed E-state index contributed by atoms with van der Waals surface area (Å²) in [5.74, 6) is -0.353. The normalized spacial score (nSPS) is 10.8. The summed E-state index contributed by atoms with van der Waals surface area (Å²) < 4.78 is 33.3. The molecule has 0 aliphatic carbocycles. The second-order valence-corrected chi connectivity index (χ2v) is 9.14. The maximum absolute atomic E-state index is 12.9. The van der Waals surface area contributed by atoms with Crippen LogP contribution >= 0.6 is 0 Å². The Morgan fingerprint density at radius 2 is 1.69 bits per heavy atom. The number of amides is 2. The standard InChI is InChI=1S/C23H22N4O7S/c1-26(2)22(28)15-34-18-12-10-16(11-13-18)24-23(29)20-8-3-4-9-21(20)25-35(32,33)19-7-5-6-17(14-19)27(30)31/h3-14,25H,15H2,1-2H3,(H,24,29). The summed E-state index contributed by atoms with van der Waals surface area (Å²) in [4.78, 5) is 35.8. The monoisotopic (exact) mass is 498 g/mol. The van der Waals surface area contributed by atoms with Gasteiger partial charge >= 0.3 is 0 Å². The average Bonchev–Trinajstić information content (AvgIpc) is 2.83. The SMILES string of the molecule is CN(C)C(=O)COc1ccc(NC(=O)c2ccccc2NS(=O)(=O)c2cccc([N+](=O)[O-])c2)cc1. The lowest BCUT2D eigenvalue weighted by Gasteiger charge is -2.13. The molecule has 0 saturated heterocycles. The second-order valence-electron chi connectivity index (χ2n) is 7.46. The number of likely N-dealkylation sites (N-methyl/N-ethyl adjacent to an activating group) is 1. The molecule has 35 heavy (non-hydrogen) atoms. The van der Waals surface area contributed by atoms with Gasteiger partial charge in [0.2, 0.25) is 0 Å². The first-order valence-corrected chi connectivity index (χ1v) is 11.7. The summed E-state index contributed by atoms with van der Waals surface area (Å²) in [6.07, 6.45) is 0. The number of hydrogen-bond donors (Lipinski definition) is 2. The third kappa shape index (κ3) is 6.54. The lowest BCUT2D eigenvalue weighted by atomic mass is 10.1. The summed E-state index contributed by atoms with van der Waals surface area (Å²) in [5.41, 5.74) is 0.0760. The molecular weight excluding hydrogens is 476 g/mol. The molecule has 2 amide bonds. The van der Waals surface area contributed by atoms with Crippen LogP contribution < -0.4 is 14.8 Å². The summed E-state index contributed by atoms with van der Waals surface area (Å²) in [7, 11) is -0.971. The number of hydrogen-bond acceptors (Lipinski definition) is 7. The van der Waals surface area contributed by atoms with Crippen molar-refractivity contribution in [2.24, 2.45) is 0 Å². The van der Waals surface area contributed by atoms with E-state index in [0.29, 0.717) is 11.4 Å². The molecule has 3 rings (SSSR count). The van der Waals surface area contributed by atoms with E-state index < -0.39 is 20.9 Å². The average molecular weight is 499 g/mol. The minimum Gasteiger partial charge on any atom is -0.484 e. The molecule has 2 N–H and O–H groups in total. The van der Waals surface area contributed by atoms with Crippen LogP contribution in [0.5, 0.6) is 5.75 Å². The molecule has 0 heterocycles. The topological polar surface area (TPSA) is 148 Å². The molecule has 0 unspecified atom stereocenters. The number of rotatable bonds is 9. The molecule has 0 bridgehead atoms. The van der Waals surface area contributed by atoms with Gasteiger partial charge in [0, 0.05) is 31.9 Å². The predicted octanol–water partition coefficient (Wildman–Crippen LogP) is 3.11. The van der Waals surface area contributed by atoms with Crippen molar-refractivity contribution < 1.29 is 27.7 Å². The first-order valence-electron chi connectivity index (χ1n) is 10.2. The molecule has 3 aromatic rings. The summed E-state index contributed by atoms with van der Waals surface area (Å²) in [5, 5.41) is 13.6. The molecule has 0 aliphatic heterocycles. The maximum atomic E-state index is 12.9.